The highest BCUT2D eigenvalue weighted by Crippen LogP contribution is 2.27. The van der Waals surface area contributed by atoms with Crippen molar-refractivity contribution in [1.82, 2.24) is 4.90 Å². The second kappa shape index (κ2) is 6.10. The maximum absolute atomic E-state index is 13.1. The van der Waals surface area contributed by atoms with Gasteiger partial charge in [0.1, 0.15) is 0 Å². The molecule has 1 amide bonds. The topological polar surface area (TPSA) is 32.3 Å². The van der Waals surface area contributed by atoms with Gasteiger partial charge >= 0.3 is 0 Å². The van der Waals surface area contributed by atoms with Crippen molar-refractivity contribution in [2.75, 3.05) is 25.0 Å². The number of amides is 1. The first-order chi connectivity index (χ1) is 9.77. The largest absolute Gasteiger partial charge is 0.324 e. The van der Waals surface area contributed by atoms with Gasteiger partial charge in [0, 0.05) is 31.6 Å². The molecular formula is C16H22F2N2O. The molecule has 0 saturated carbocycles. The third-order valence-electron chi connectivity index (χ3n) is 3.90. The van der Waals surface area contributed by atoms with Crippen LogP contribution in [-0.2, 0) is 4.79 Å². The summed E-state index contributed by atoms with van der Waals surface area (Å²) in [6.07, 6.45) is -0.328. The number of rotatable bonds is 3. The predicted molar refractivity (Wildman–Crippen MR) is 79.9 cm³/mol. The Kier molecular flexibility index (Phi) is 4.61. The van der Waals surface area contributed by atoms with Gasteiger partial charge in [0.15, 0.2) is 0 Å². The van der Waals surface area contributed by atoms with Gasteiger partial charge in [-0.1, -0.05) is 17.7 Å². The van der Waals surface area contributed by atoms with Gasteiger partial charge in [0.25, 0.3) is 5.92 Å². The second-order valence-electron chi connectivity index (χ2n) is 5.95. The molecule has 0 unspecified atom stereocenters. The summed E-state index contributed by atoms with van der Waals surface area (Å²) in [6.45, 7) is 6.63. The molecule has 0 aromatic heterocycles. The summed E-state index contributed by atoms with van der Waals surface area (Å²) >= 11 is 0. The van der Waals surface area contributed by atoms with Crippen LogP contribution in [-0.4, -0.2) is 36.4 Å². The van der Waals surface area contributed by atoms with Gasteiger partial charge < -0.3 is 5.32 Å². The number of piperidine rings is 1. The van der Waals surface area contributed by atoms with E-state index in [2.05, 4.69) is 5.32 Å². The van der Waals surface area contributed by atoms with E-state index in [1.54, 1.807) is 4.90 Å². The predicted octanol–water partition coefficient (Wildman–Crippen LogP) is 3.28. The maximum Gasteiger partial charge on any atom is 0.250 e. The lowest BCUT2D eigenvalue weighted by molar-refractivity contribution is -0.119. The van der Waals surface area contributed by atoms with Gasteiger partial charge in [-0.2, -0.15) is 0 Å². The number of aryl methyl sites for hydroxylation is 3. The molecule has 0 spiro atoms. The second-order valence-corrected chi connectivity index (χ2v) is 5.95. The van der Waals surface area contributed by atoms with Crippen LogP contribution in [0.15, 0.2) is 12.1 Å². The van der Waals surface area contributed by atoms with Crippen molar-refractivity contribution in [1.29, 1.82) is 0 Å². The Morgan fingerprint density at radius 3 is 2.24 bits per heavy atom. The molecule has 0 radical (unpaired) electrons. The number of nitrogens with zero attached hydrogens (tertiary/aromatic N) is 1. The van der Waals surface area contributed by atoms with Gasteiger partial charge in [0.2, 0.25) is 5.91 Å². The molecule has 3 nitrogen and oxygen atoms in total. The van der Waals surface area contributed by atoms with E-state index in [0.29, 0.717) is 0 Å². The summed E-state index contributed by atoms with van der Waals surface area (Å²) in [5, 5.41) is 2.91. The number of benzene rings is 1. The van der Waals surface area contributed by atoms with Crippen LogP contribution in [0.4, 0.5) is 14.5 Å². The Labute approximate surface area is 124 Å². The normalized spacial score (nSPS) is 18.5. The highest BCUT2D eigenvalue weighted by Gasteiger charge is 2.34. The minimum Gasteiger partial charge on any atom is -0.324 e. The molecule has 1 saturated heterocycles. The number of hydrogen-bond donors (Lipinski definition) is 1. The first-order valence-corrected chi connectivity index (χ1v) is 7.25. The van der Waals surface area contributed by atoms with Crippen molar-refractivity contribution >= 4 is 11.6 Å². The Balaban J connectivity index is 1.94. The van der Waals surface area contributed by atoms with Gasteiger partial charge in [-0.3, -0.25) is 9.69 Å². The fourth-order valence-electron chi connectivity index (χ4n) is 2.80. The zero-order valence-corrected chi connectivity index (χ0v) is 12.8. The summed E-state index contributed by atoms with van der Waals surface area (Å²) < 4.78 is 26.2. The first kappa shape index (κ1) is 15.9. The molecule has 1 fully saturated rings. The highest BCUT2D eigenvalue weighted by molar-refractivity contribution is 5.93. The summed E-state index contributed by atoms with van der Waals surface area (Å²) in [5.41, 5.74) is 4.02. The lowest BCUT2D eigenvalue weighted by Crippen LogP contribution is -2.43. The van der Waals surface area contributed by atoms with E-state index in [1.165, 1.54) is 0 Å². The van der Waals surface area contributed by atoms with E-state index >= 15 is 0 Å². The van der Waals surface area contributed by atoms with Gasteiger partial charge in [-0.25, -0.2) is 8.78 Å². The van der Waals surface area contributed by atoms with Crippen LogP contribution in [0.5, 0.6) is 0 Å². The molecule has 1 heterocycles. The standard InChI is InChI=1S/C16H22F2N2O/c1-11-8-12(2)15(13(3)9-11)19-14(21)10-20-6-4-16(17,18)5-7-20/h8-9H,4-7,10H2,1-3H3,(H,19,21). The molecule has 1 aliphatic rings. The average molecular weight is 296 g/mol. The van der Waals surface area contributed by atoms with E-state index in [4.69, 9.17) is 0 Å². The number of carbonyl (C=O) groups excluding carboxylic acids is 1. The van der Waals surface area contributed by atoms with Crippen LogP contribution in [0.2, 0.25) is 0 Å². The number of anilines is 1. The Hall–Kier alpha value is -1.49. The smallest absolute Gasteiger partial charge is 0.250 e. The molecule has 1 N–H and O–H groups in total. The minimum absolute atomic E-state index is 0.143. The van der Waals surface area contributed by atoms with E-state index in [1.807, 2.05) is 32.9 Å². The molecular weight excluding hydrogens is 274 g/mol. The number of halogens is 2. The number of hydrogen-bond acceptors (Lipinski definition) is 2. The van der Waals surface area contributed by atoms with Gasteiger partial charge in [-0.05, 0) is 31.9 Å². The maximum atomic E-state index is 13.1. The average Bonchev–Trinajstić information content (AvgIpc) is 2.36. The molecule has 0 aliphatic carbocycles. The third kappa shape index (κ3) is 4.24. The number of likely N-dealkylation sites (tertiary alicyclic amines) is 1. The molecule has 2 rings (SSSR count). The summed E-state index contributed by atoms with van der Waals surface area (Å²) in [6, 6.07) is 4.04. The first-order valence-electron chi connectivity index (χ1n) is 7.25. The summed E-state index contributed by atoms with van der Waals surface area (Å²) in [5.74, 6) is -2.72. The highest BCUT2D eigenvalue weighted by atomic mass is 19.3. The van der Waals surface area contributed by atoms with Crippen molar-refractivity contribution in [2.24, 2.45) is 0 Å². The zero-order chi connectivity index (χ0) is 15.6. The van der Waals surface area contributed by atoms with Crippen LogP contribution in [0.1, 0.15) is 29.5 Å². The van der Waals surface area contributed by atoms with Crippen LogP contribution < -0.4 is 5.32 Å². The van der Waals surface area contributed by atoms with Crippen molar-refractivity contribution in [3.63, 3.8) is 0 Å². The van der Waals surface area contributed by atoms with Crippen LogP contribution >= 0.6 is 0 Å². The Morgan fingerprint density at radius 1 is 1.19 bits per heavy atom. The molecule has 21 heavy (non-hydrogen) atoms. The van der Waals surface area contributed by atoms with Crippen LogP contribution in [0.25, 0.3) is 0 Å². The summed E-state index contributed by atoms with van der Waals surface area (Å²) in [7, 11) is 0. The molecule has 0 atom stereocenters. The molecule has 116 valence electrons. The number of alkyl halides is 2. The summed E-state index contributed by atoms with van der Waals surface area (Å²) in [4.78, 5) is 13.9. The fraction of sp³-hybridized carbons (Fsp3) is 0.562. The van der Waals surface area contributed by atoms with Crippen molar-refractivity contribution in [3.05, 3.63) is 28.8 Å². The van der Waals surface area contributed by atoms with Gasteiger partial charge in [-0.15, -0.1) is 0 Å². The van der Waals surface area contributed by atoms with Crippen molar-refractivity contribution in [2.45, 2.75) is 39.5 Å². The van der Waals surface area contributed by atoms with E-state index in [0.717, 1.165) is 22.4 Å². The van der Waals surface area contributed by atoms with E-state index in [9.17, 15) is 13.6 Å². The van der Waals surface area contributed by atoms with Crippen LogP contribution in [0.3, 0.4) is 0 Å². The van der Waals surface area contributed by atoms with Crippen molar-refractivity contribution < 1.29 is 13.6 Å². The molecule has 1 aliphatic heterocycles. The lowest BCUT2D eigenvalue weighted by Gasteiger charge is -2.31. The molecule has 0 bridgehead atoms. The molecule has 1 aromatic rings. The molecule has 1 aromatic carbocycles. The number of nitrogens with one attached hydrogen (secondary N) is 1. The number of carbonyl (C=O) groups is 1. The Morgan fingerprint density at radius 2 is 1.71 bits per heavy atom. The quantitative estimate of drug-likeness (QED) is 0.928. The van der Waals surface area contributed by atoms with E-state index < -0.39 is 5.92 Å². The molecule has 5 heteroatoms. The minimum atomic E-state index is -2.57. The van der Waals surface area contributed by atoms with Crippen LogP contribution in [0, 0.1) is 20.8 Å². The van der Waals surface area contributed by atoms with Crippen molar-refractivity contribution in [3.8, 4) is 0 Å². The third-order valence-corrected chi connectivity index (χ3v) is 3.90. The SMILES string of the molecule is Cc1cc(C)c(NC(=O)CN2CCC(F)(F)CC2)c(C)c1. The lowest BCUT2D eigenvalue weighted by atomic mass is 10.0. The zero-order valence-electron chi connectivity index (χ0n) is 12.8. The van der Waals surface area contributed by atoms with Gasteiger partial charge in [0.05, 0.1) is 6.54 Å². The van der Waals surface area contributed by atoms with E-state index in [-0.39, 0.29) is 38.4 Å². The fourth-order valence-corrected chi connectivity index (χ4v) is 2.80. The monoisotopic (exact) mass is 296 g/mol. The Bertz CT molecular complexity index is 510.